The normalized spacial score (nSPS) is 10.8. The molecule has 0 heterocycles. The van der Waals surface area contributed by atoms with Crippen LogP contribution < -0.4 is 10.2 Å². The Balaban J connectivity index is 2.10. The molecule has 0 aromatic heterocycles. The third-order valence-corrected chi connectivity index (χ3v) is 2.54. The minimum Gasteiger partial charge on any atom is -0.493 e. The summed E-state index contributed by atoms with van der Waals surface area (Å²) in [5, 5.41) is 3.93. The lowest BCUT2D eigenvalue weighted by Crippen LogP contribution is -1.98. The lowest BCUT2D eigenvalue weighted by atomic mass is 10.2. The SMILES string of the molecule is CCOc1ccccc1/C=N/Nc1ccc(F)cc1F. The predicted octanol–water partition coefficient (Wildman–Crippen LogP) is 3.81. The third-order valence-electron chi connectivity index (χ3n) is 2.54. The van der Waals surface area contributed by atoms with Crippen molar-refractivity contribution in [1.82, 2.24) is 0 Å². The Morgan fingerprint density at radius 3 is 2.75 bits per heavy atom. The Bertz CT molecular complexity index is 615. The van der Waals surface area contributed by atoms with Gasteiger partial charge in [-0.15, -0.1) is 0 Å². The van der Waals surface area contributed by atoms with E-state index in [0.29, 0.717) is 12.4 Å². The van der Waals surface area contributed by atoms with Gasteiger partial charge in [-0.1, -0.05) is 12.1 Å². The molecule has 0 aliphatic carbocycles. The second-order valence-corrected chi connectivity index (χ2v) is 3.97. The number of ether oxygens (including phenoxy) is 1. The van der Waals surface area contributed by atoms with Crippen LogP contribution in [0.15, 0.2) is 47.6 Å². The fourth-order valence-electron chi connectivity index (χ4n) is 1.63. The summed E-state index contributed by atoms with van der Waals surface area (Å²) in [4.78, 5) is 0. The van der Waals surface area contributed by atoms with Gasteiger partial charge < -0.3 is 4.74 Å². The first-order chi connectivity index (χ1) is 9.70. The maximum absolute atomic E-state index is 13.4. The molecule has 104 valence electrons. The van der Waals surface area contributed by atoms with Gasteiger partial charge >= 0.3 is 0 Å². The number of rotatable bonds is 5. The van der Waals surface area contributed by atoms with Crippen LogP contribution >= 0.6 is 0 Å². The van der Waals surface area contributed by atoms with E-state index < -0.39 is 11.6 Å². The van der Waals surface area contributed by atoms with E-state index in [2.05, 4.69) is 10.5 Å². The van der Waals surface area contributed by atoms with Crippen LogP contribution in [0.5, 0.6) is 5.75 Å². The molecule has 0 amide bonds. The lowest BCUT2D eigenvalue weighted by molar-refractivity contribution is 0.340. The molecule has 0 spiro atoms. The van der Waals surface area contributed by atoms with E-state index in [0.717, 1.165) is 17.7 Å². The number of nitrogens with one attached hydrogen (secondary N) is 1. The molecule has 2 rings (SSSR count). The van der Waals surface area contributed by atoms with Gasteiger partial charge in [0.25, 0.3) is 0 Å². The molecule has 0 atom stereocenters. The van der Waals surface area contributed by atoms with Gasteiger partial charge in [-0.25, -0.2) is 8.78 Å². The minimum absolute atomic E-state index is 0.108. The Morgan fingerprint density at radius 1 is 1.20 bits per heavy atom. The highest BCUT2D eigenvalue weighted by molar-refractivity contribution is 5.84. The van der Waals surface area contributed by atoms with Crippen molar-refractivity contribution in [2.24, 2.45) is 5.10 Å². The molecular formula is C15H14F2N2O. The number of nitrogens with zero attached hydrogens (tertiary/aromatic N) is 1. The summed E-state index contributed by atoms with van der Waals surface area (Å²) in [5.74, 6) is -0.626. The van der Waals surface area contributed by atoms with Crippen LogP contribution in [-0.4, -0.2) is 12.8 Å². The smallest absolute Gasteiger partial charge is 0.151 e. The van der Waals surface area contributed by atoms with Gasteiger partial charge in [0.15, 0.2) is 5.82 Å². The van der Waals surface area contributed by atoms with Crippen molar-refractivity contribution in [2.45, 2.75) is 6.92 Å². The first-order valence-corrected chi connectivity index (χ1v) is 6.16. The van der Waals surface area contributed by atoms with E-state index in [9.17, 15) is 8.78 Å². The highest BCUT2D eigenvalue weighted by atomic mass is 19.1. The summed E-state index contributed by atoms with van der Waals surface area (Å²) >= 11 is 0. The summed E-state index contributed by atoms with van der Waals surface area (Å²) in [6.07, 6.45) is 1.52. The quantitative estimate of drug-likeness (QED) is 0.665. The molecule has 0 aliphatic rings. The lowest BCUT2D eigenvalue weighted by Gasteiger charge is -2.06. The molecule has 0 unspecified atom stereocenters. The molecule has 0 saturated carbocycles. The molecule has 0 saturated heterocycles. The Morgan fingerprint density at radius 2 is 2.00 bits per heavy atom. The number of hydrazone groups is 1. The van der Waals surface area contributed by atoms with Crippen molar-refractivity contribution in [1.29, 1.82) is 0 Å². The predicted molar refractivity (Wildman–Crippen MR) is 75.2 cm³/mol. The van der Waals surface area contributed by atoms with Gasteiger partial charge in [0.05, 0.1) is 18.5 Å². The molecule has 1 N–H and O–H groups in total. The van der Waals surface area contributed by atoms with Crippen LogP contribution in [0.3, 0.4) is 0 Å². The standard InChI is InChI=1S/C15H14F2N2O/c1-2-20-15-6-4-3-5-11(15)10-18-19-14-8-7-12(16)9-13(14)17/h3-10,19H,2H2,1H3/b18-10+. The average molecular weight is 276 g/mol. The average Bonchev–Trinajstić information content (AvgIpc) is 2.43. The van der Waals surface area contributed by atoms with E-state index >= 15 is 0 Å². The monoisotopic (exact) mass is 276 g/mol. The topological polar surface area (TPSA) is 33.6 Å². The van der Waals surface area contributed by atoms with E-state index in [1.165, 1.54) is 12.3 Å². The van der Waals surface area contributed by atoms with Gasteiger partial charge in [-0.05, 0) is 31.2 Å². The van der Waals surface area contributed by atoms with Crippen LogP contribution in [0, 0.1) is 11.6 Å². The summed E-state index contributed by atoms with van der Waals surface area (Å²) in [5.41, 5.74) is 3.41. The number of hydrogen-bond acceptors (Lipinski definition) is 3. The highest BCUT2D eigenvalue weighted by Crippen LogP contribution is 2.17. The summed E-state index contributed by atoms with van der Waals surface area (Å²) in [7, 11) is 0. The first kappa shape index (κ1) is 14.0. The van der Waals surface area contributed by atoms with Crippen molar-refractivity contribution in [3.8, 4) is 5.75 Å². The maximum Gasteiger partial charge on any atom is 0.151 e. The summed E-state index contributed by atoms with van der Waals surface area (Å²) in [6.45, 7) is 2.44. The van der Waals surface area contributed by atoms with E-state index in [-0.39, 0.29) is 5.69 Å². The Labute approximate surface area is 115 Å². The zero-order valence-corrected chi connectivity index (χ0v) is 10.9. The molecule has 5 heteroatoms. The van der Waals surface area contributed by atoms with Crippen LogP contribution in [0.1, 0.15) is 12.5 Å². The van der Waals surface area contributed by atoms with Crippen LogP contribution in [0.4, 0.5) is 14.5 Å². The number of hydrogen-bond donors (Lipinski definition) is 1. The third kappa shape index (κ3) is 3.54. The van der Waals surface area contributed by atoms with Gasteiger partial charge in [0, 0.05) is 11.6 Å². The van der Waals surface area contributed by atoms with Gasteiger partial charge in [0.2, 0.25) is 0 Å². The van der Waals surface area contributed by atoms with Gasteiger partial charge in [0.1, 0.15) is 11.6 Å². The zero-order chi connectivity index (χ0) is 14.4. The summed E-state index contributed by atoms with van der Waals surface area (Å²) in [6, 6.07) is 10.6. The second-order valence-electron chi connectivity index (χ2n) is 3.97. The molecule has 0 aliphatic heterocycles. The van der Waals surface area contributed by atoms with E-state index in [1.54, 1.807) is 0 Å². The van der Waals surface area contributed by atoms with E-state index in [1.807, 2.05) is 31.2 Å². The molecule has 0 bridgehead atoms. The number of benzene rings is 2. The van der Waals surface area contributed by atoms with Crippen LogP contribution in [-0.2, 0) is 0 Å². The fraction of sp³-hybridized carbons (Fsp3) is 0.133. The largest absolute Gasteiger partial charge is 0.493 e. The molecule has 2 aromatic rings. The molecular weight excluding hydrogens is 262 g/mol. The second kappa shape index (κ2) is 6.65. The number of anilines is 1. The van der Waals surface area contributed by atoms with Crippen LogP contribution in [0.25, 0.3) is 0 Å². The molecule has 0 fully saturated rings. The van der Waals surface area contributed by atoms with E-state index in [4.69, 9.17) is 4.74 Å². The number of halogens is 2. The van der Waals surface area contributed by atoms with Crippen molar-refractivity contribution >= 4 is 11.9 Å². The maximum atomic E-state index is 13.4. The van der Waals surface area contributed by atoms with Crippen LogP contribution in [0.2, 0.25) is 0 Å². The Hall–Kier alpha value is -2.43. The van der Waals surface area contributed by atoms with Crippen molar-refractivity contribution < 1.29 is 13.5 Å². The summed E-state index contributed by atoms with van der Waals surface area (Å²) < 4.78 is 31.6. The first-order valence-electron chi connectivity index (χ1n) is 6.16. The van der Waals surface area contributed by atoms with Gasteiger partial charge in [-0.3, -0.25) is 5.43 Å². The highest BCUT2D eigenvalue weighted by Gasteiger charge is 2.02. The molecule has 20 heavy (non-hydrogen) atoms. The van der Waals surface area contributed by atoms with Crippen molar-refractivity contribution in [3.05, 3.63) is 59.7 Å². The number of para-hydroxylation sites is 1. The molecule has 2 aromatic carbocycles. The minimum atomic E-state index is -0.694. The molecule has 0 radical (unpaired) electrons. The Kier molecular flexibility index (Phi) is 4.65. The molecule has 3 nitrogen and oxygen atoms in total. The zero-order valence-electron chi connectivity index (χ0n) is 10.9. The van der Waals surface area contributed by atoms with Crippen molar-refractivity contribution in [3.63, 3.8) is 0 Å². The fourth-order valence-corrected chi connectivity index (χ4v) is 1.63. The van der Waals surface area contributed by atoms with Gasteiger partial charge in [-0.2, -0.15) is 5.10 Å². The van der Waals surface area contributed by atoms with Crippen molar-refractivity contribution in [2.75, 3.05) is 12.0 Å².